The Morgan fingerprint density at radius 3 is 2.40 bits per heavy atom. The minimum absolute atomic E-state index is 0.175. The third-order valence-corrected chi connectivity index (χ3v) is 4.71. The fourth-order valence-electron chi connectivity index (χ4n) is 2.81. The van der Waals surface area contributed by atoms with E-state index in [2.05, 4.69) is 24.3 Å². The van der Waals surface area contributed by atoms with Crippen molar-refractivity contribution in [1.29, 1.82) is 0 Å². The van der Waals surface area contributed by atoms with Crippen LogP contribution in [-0.4, -0.2) is 31.1 Å². The van der Waals surface area contributed by atoms with Crippen molar-refractivity contribution in [3.63, 3.8) is 0 Å². The van der Waals surface area contributed by atoms with Crippen molar-refractivity contribution >= 4 is 0 Å². The van der Waals surface area contributed by atoms with Gasteiger partial charge in [-0.1, -0.05) is 0 Å². The van der Waals surface area contributed by atoms with Gasteiger partial charge in [-0.15, -0.1) is 0 Å². The summed E-state index contributed by atoms with van der Waals surface area (Å²) in [5.74, 6) is -0.683. The predicted octanol–water partition coefficient (Wildman–Crippen LogP) is 3.41. The molecule has 4 heteroatoms. The molecule has 1 N–H and O–H groups in total. The first-order valence-electron chi connectivity index (χ1n) is 7.22. The Morgan fingerprint density at radius 2 is 1.90 bits per heavy atom. The molecular weight excluding hydrogens is 258 g/mol. The van der Waals surface area contributed by atoms with Crippen LogP contribution in [0, 0.1) is 18.6 Å². The van der Waals surface area contributed by atoms with Gasteiger partial charge in [0.25, 0.3) is 0 Å². The number of halogens is 2. The lowest BCUT2D eigenvalue weighted by Crippen LogP contribution is -2.56. The lowest BCUT2D eigenvalue weighted by molar-refractivity contribution is 0.0575. The minimum atomic E-state index is -0.346. The summed E-state index contributed by atoms with van der Waals surface area (Å²) in [6.07, 6.45) is 3.55. The molecule has 1 atom stereocenters. The van der Waals surface area contributed by atoms with E-state index in [0.717, 1.165) is 19.4 Å². The molecule has 2 nitrogen and oxygen atoms in total. The van der Waals surface area contributed by atoms with Crippen molar-refractivity contribution in [2.24, 2.45) is 0 Å². The van der Waals surface area contributed by atoms with Crippen molar-refractivity contribution in [1.82, 2.24) is 10.2 Å². The average Bonchev–Trinajstić information content (AvgIpc) is 2.31. The number of likely N-dealkylation sites (N-methyl/N-ethyl adjacent to an activating group) is 1. The zero-order valence-electron chi connectivity index (χ0n) is 12.8. The highest BCUT2D eigenvalue weighted by molar-refractivity contribution is 5.27. The fraction of sp³-hybridized carbons (Fsp3) is 0.625. The van der Waals surface area contributed by atoms with Gasteiger partial charge in [-0.25, -0.2) is 8.78 Å². The summed E-state index contributed by atoms with van der Waals surface area (Å²) >= 11 is 0. The van der Waals surface area contributed by atoms with E-state index in [9.17, 15) is 8.78 Å². The molecule has 2 rings (SSSR count). The first-order chi connectivity index (χ1) is 9.35. The van der Waals surface area contributed by atoms with Gasteiger partial charge in [-0.2, -0.15) is 0 Å². The highest BCUT2D eigenvalue weighted by atomic mass is 19.1. The summed E-state index contributed by atoms with van der Waals surface area (Å²) in [7, 11) is 4.16. The molecule has 1 unspecified atom stereocenters. The minimum Gasteiger partial charge on any atom is -0.308 e. The van der Waals surface area contributed by atoms with Gasteiger partial charge in [0, 0.05) is 23.7 Å². The highest BCUT2D eigenvalue weighted by Gasteiger charge is 2.38. The van der Waals surface area contributed by atoms with Crippen LogP contribution >= 0.6 is 0 Å². The zero-order chi connectivity index (χ0) is 14.9. The van der Waals surface area contributed by atoms with Crippen LogP contribution < -0.4 is 5.32 Å². The van der Waals surface area contributed by atoms with Crippen LogP contribution in [-0.2, 0) is 0 Å². The number of aryl methyl sites for hydroxylation is 1. The van der Waals surface area contributed by atoms with Gasteiger partial charge in [0.05, 0.1) is 0 Å². The van der Waals surface area contributed by atoms with E-state index in [1.54, 1.807) is 6.92 Å². The fourth-order valence-corrected chi connectivity index (χ4v) is 2.81. The molecule has 1 aliphatic carbocycles. The molecule has 0 heterocycles. The molecule has 112 valence electrons. The van der Waals surface area contributed by atoms with Gasteiger partial charge < -0.3 is 10.2 Å². The summed E-state index contributed by atoms with van der Waals surface area (Å²) in [4.78, 5) is 2.24. The second-order valence-corrected chi connectivity index (χ2v) is 6.20. The Labute approximate surface area is 120 Å². The van der Waals surface area contributed by atoms with Gasteiger partial charge in [0.15, 0.2) is 0 Å². The standard InChI is InChI=1S/C16H24F2N2/c1-11-8-15(18)13(9-14(11)17)12(2)19-10-16(20(3)4)6-5-7-16/h8-9,12,19H,5-7,10H2,1-4H3. The monoisotopic (exact) mass is 282 g/mol. The van der Waals surface area contributed by atoms with Gasteiger partial charge in [-0.3, -0.25) is 0 Å². The lowest BCUT2D eigenvalue weighted by atomic mass is 9.75. The molecule has 1 aromatic carbocycles. The zero-order valence-corrected chi connectivity index (χ0v) is 12.8. The van der Waals surface area contributed by atoms with Crippen molar-refractivity contribution in [3.05, 3.63) is 34.9 Å². The highest BCUT2D eigenvalue weighted by Crippen LogP contribution is 2.36. The molecule has 0 amide bonds. The maximum atomic E-state index is 13.9. The van der Waals surface area contributed by atoms with E-state index in [0.29, 0.717) is 11.1 Å². The van der Waals surface area contributed by atoms with Crippen LogP contribution in [0.25, 0.3) is 0 Å². The summed E-state index contributed by atoms with van der Waals surface area (Å²) in [6.45, 7) is 4.26. The maximum Gasteiger partial charge on any atom is 0.128 e. The Hall–Kier alpha value is -1.00. The van der Waals surface area contributed by atoms with Crippen LogP contribution in [0.3, 0.4) is 0 Å². The SMILES string of the molecule is Cc1cc(F)c(C(C)NCC2(N(C)C)CCC2)cc1F. The molecule has 1 fully saturated rings. The summed E-state index contributed by atoms with van der Waals surface area (Å²) in [5, 5.41) is 3.36. The summed E-state index contributed by atoms with van der Waals surface area (Å²) in [5.41, 5.74) is 0.928. The number of benzene rings is 1. The molecule has 0 aromatic heterocycles. The Kier molecular flexibility index (Phi) is 4.45. The predicted molar refractivity (Wildman–Crippen MR) is 77.8 cm³/mol. The van der Waals surface area contributed by atoms with Crippen molar-refractivity contribution in [2.75, 3.05) is 20.6 Å². The molecule has 0 spiro atoms. The smallest absolute Gasteiger partial charge is 0.128 e. The van der Waals surface area contributed by atoms with Crippen LogP contribution in [0.1, 0.15) is 43.4 Å². The van der Waals surface area contributed by atoms with Crippen LogP contribution in [0.15, 0.2) is 12.1 Å². The van der Waals surface area contributed by atoms with Gasteiger partial charge >= 0.3 is 0 Å². The first kappa shape index (κ1) is 15.4. The number of nitrogens with zero attached hydrogens (tertiary/aromatic N) is 1. The van der Waals surface area contributed by atoms with E-state index < -0.39 is 0 Å². The summed E-state index contributed by atoms with van der Waals surface area (Å²) < 4.78 is 27.5. The molecule has 0 saturated heterocycles. The van der Waals surface area contributed by atoms with Gasteiger partial charge in [0.2, 0.25) is 0 Å². The van der Waals surface area contributed by atoms with E-state index in [1.165, 1.54) is 18.6 Å². The van der Waals surface area contributed by atoms with Crippen molar-refractivity contribution < 1.29 is 8.78 Å². The second-order valence-electron chi connectivity index (χ2n) is 6.20. The normalized spacial score (nSPS) is 18.9. The van der Waals surface area contributed by atoms with E-state index in [4.69, 9.17) is 0 Å². The number of hydrogen-bond acceptors (Lipinski definition) is 2. The quantitative estimate of drug-likeness (QED) is 0.890. The third kappa shape index (κ3) is 2.86. The molecular formula is C16H24F2N2. The molecule has 0 aliphatic heterocycles. The first-order valence-corrected chi connectivity index (χ1v) is 7.22. The van der Waals surface area contributed by atoms with Crippen LogP contribution in [0.4, 0.5) is 8.78 Å². The maximum absolute atomic E-state index is 13.9. The number of hydrogen-bond donors (Lipinski definition) is 1. The van der Waals surface area contributed by atoms with Crippen molar-refractivity contribution in [3.8, 4) is 0 Å². The lowest BCUT2D eigenvalue weighted by Gasteiger charge is -2.48. The average molecular weight is 282 g/mol. The molecule has 0 radical (unpaired) electrons. The Balaban J connectivity index is 2.05. The van der Waals surface area contributed by atoms with Crippen LogP contribution in [0.2, 0.25) is 0 Å². The largest absolute Gasteiger partial charge is 0.308 e. The van der Waals surface area contributed by atoms with Crippen LogP contribution in [0.5, 0.6) is 0 Å². The van der Waals surface area contributed by atoms with E-state index in [-0.39, 0.29) is 23.2 Å². The Bertz CT molecular complexity index is 482. The number of rotatable bonds is 5. The van der Waals surface area contributed by atoms with Gasteiger partial charge in [0.1, 0.15) is 11.6 Å². The molecule has 20 heavy (non-hydrogen) atoms. The summed E-state index contributed by atoms with van der Waals surface area (Å²) in [6, 6.07) is 2.39. The molecule has 1 aliphatic rings. The Morgan fingerprint density at radius 1 is 1.25 bits per heavy atom. The third-order valence-electron chi connectivity index (χ3n) is 4.71. The topological polar surface area (TPSA) is 15.3 Å². The van der Waals surface area contributed by atoms with Gasteiger partial charge in [-0.05, 0) is 64.9 Å². The molecule has 1 saturated carbocycles. The number of nitrogens with one attached hydrogen (secondary N) is 1. The van der Waals surface area contributed by atoms with E-state index in [1.807, 2.05) is 6.92 Å². The molecule has 1 aromatic rings. The van der Waals surface area contributed by atoms with Crippen molar-refractivity contribution in [2.45, 2.75) is 44.7 Å². The molecule has 0 bridgehead atoms. The second kappa shape index (κ2) is 5.78. The van der Waals surface area contributed by atoms with E-state index >= 15 is 0 Å².